The number of Topliss-reactive ketones (excluding diaryl/α,β-unsaturated/α-hetero) is 1. The maximum Gasteiger partial charge on any atom is 0.356 e. The van der Waals surface area contributed by atoms with Crippen LogP contribution < -0.4 is 10.2 Å². The van der Waals surface area contributed by atoms with E-state index in [9.17, 15) is 41.9 Å². The zero-order valence-corrected chi connectivity index (χ0v) is 22.9. The van der Waals surface area contributed by atoms with Crippen molar-refractivity contribution in [3.63, 3.8) is 0 Å². The van der Waals surface area contributed by atoms with E-state index in [1.807, 2.05) is 0 Å². The number of hydrogen-bond acceptors (Lipinski definition) is 6. The molecule has 210 valence electrons. The van der Waals surface area contributed by atoms with Crippen LogP contribution in [0, 0.1) is 5.82 Å². The van der Waals surface area contributed by atoms with Crippen LogP contribution in [-0.4, -0.2) is 46.0 Å². The Balaban J connectivity index is 1.50. The number of para-hydroxylation sites is 1. The largest absolute Gasteiger partial charge is 0.508 e. The van der Waals surface area contributed by atoms with Gasteiger partial charge in [0.25, 0.3) is 0 Å². The highest BCUT2D eigenvalue weighted by Crippen LogP contribution is 2.46. The van der Waals surface area contributed by atoms with Crippen molar-refractivity contribution in [2.75, 3.05) is 10.7 Å². The minimum atomic E-state index is -4.44. The molecule has 2 unspecified atom stereocenters. The van der Waals surface area contributed by atoms with Gasteiger partial charge in [0.15, 0.2) is 20.9 Å². The molecule has 0 radical (unpaired) electrons. The van der Waals surface area contributed by atoms with Gasteiger partial charge in [-0.1, -0.05) is 42.5 Å². The van der Waals surface area contributed by atoms with Crippen molar-refractivity contribution in [2.24, 2.45) is 0 Å². The summed E-state index contributed by atoms with van der Waals surface area (Å²) >= 11 is 0. The maximum absolute atomic E-state index is 13.5. The maximum atomic E-state index is 13.5. The summed E-state index contributed by atoms with van der Waals surface area (Å²) in [7, 11) is -8.82. The van der Waals surface area contributed by atoms with Gasteiger partial charge in [0.05, 0.1) is 11.3 Å². The van der Waals surface area contributed by atoms with Crippen LogP contribution in [0.1, 0.15) is 22.0 Å². The molecule has 4 aromatic carbocycles. The normalized spacial score (nSPS) is 17.2. The van der Waals surface area contributed by atoms with Crippen LogP contribution in [0.5, 0.6) is 5.75 Å². The number of anilines is 1. The van der Waals surface area contributed by atoms with Gasteiger partial charge in [-0.2, -0.15) is 0 Å². The van der Waals surface area contributed by atoms with Gasteiger partial charge in [-0.3, -0.25) is 14.2 Å². The molecule has 1 aliphatic heterocycles. The molecule has 1 amide bonds. The molecule has 0 aliphatic carbocycles. The van der Waals surface area contributed by atoms with Gasteiger partial charge >= 0.3 is 7.60 Å². The summed E-state index contributed by atoms with van der Waals surface area (Å²) < 4.78 is 51.7. The summed E-state index contributed by atoms with van der Waals surface area (Å²) in [5, 5.41) is 9.20. The fourth-order valence-electron chi connectivity index (χ4n) is 4.80. The number of carbonyl (C=O) groups excluding carboxylic acids is 2. The van der Waals surface area contributed by atoms with Crippen molar-refractivity contribution >= 4 is 40.1 Å². The van der Waals surface area contributed by atoms with E-state index in [-0.39, 0.29) is 22.2 Å². The molecule has 0 spiro atoms. The average Bonchev–Trinajstić information content (AvgIpc) is 2.92. The molecule has 1 aliphatic rings. The van der Waals surface area contributed by atoms with E-state index < -0.39 is 52.0 Å². The van der Waals surface area contributed by atoms with Crippen LogP contribution in [0.4, 0.5) is 10.1 Å². The number of sulfone groups is 1. The number of amides is 1. The lowest BCUT2D eigenvalue weighted by atomic mass is 9.90. The molecule has 0 saturated carbocycles. The SMILES string of the molecule is O=C(CS(=O)(=O)C1C(=O)N(c2ccccc2)C1c1ccc(-c2ccc(P(=O)(O)O)cc2)cc1O)c1ccc(F)cc1. The van der Waals surface area contributed by atoms with E-state index in [1.54, 1.807) is 36.4 Å². The highest BCUT2D eigenvalue weighted by Gasteiger charge is 2.56. The van der Waals surface area contributed by atoms with Crippen molar-refractivity contribution in [1.29, 1.82) is 0 Å². The fraction of sp³-hybridized carbons (Fsp3) is 0.103. The van der Waals surface area contributed by atoms with Crippen LogP contribution in [0.2, 0.25) is 0 Å². The average molecular weight is 596 g/mol. The second-order valence-corrected chi connectivity index (χ2v) is 13.2. The Morgan fingerprint density at radius 1 is 0.878 bits per heavy atom. The van der Waals surface area contributed by atoms with Crippen LogP contribution in [0.3, 0.4) is 0 Å². The molecule has 1 fully saturated rings. The van der Waals surface area contributed by atoms with Crippen molar-refractivity contribution < 1.29 is 41.9 Å². The third-order valence-electron chi connectivity index (χ3n) is 6.85. The van der Waals surface area contributed by atoms with Gasteiger partial charge in [0.2, 0.25) is 5.91 Å². The smallest absolute Gasteiger partial charge is 0.356 e. The van der Waals surface area contributed by atoms with Crippen molar-refractivity contribution in [3.8, 4) is 16.9 Å². The molecule has 0 aromatic heterocycles. The number of nitrogens with zero attached hydrogens (tertiary/aromatic N) is 1. The number of halogens is 1. The molecule has 4 aromatic rings. The molecular weight excluding hydrogens is 572 g/mol. The second-order valence-electron chi connectivity index (χ2n) is 9.51. The van der Waals surface area contributed by atoms with Crippen LogP contribution in [0.25, 0.3) is 11.1 Å². The molecule has 1 heterocycles. The number of β-lactam (4-membered cyclic amide) rings is 1. The molecule has 12 heteroatoms. The first-order chi connectivity index (χ1) is 19.4. The van der Waals surface area contributed by atoms with E-state index in [0.717, 1.165) is 12.1 Å². The first-order valence-corrected chi connectivity index (χ1v) is 15.6. The minimum Gasteiger partial charge on any atom is -0.508 e. The van der Waals surface area contributed by atoms with E-state index in [2.05, 4.69) is 0 Å². The molecular formula is C29H23FNO8PS. The fourth-order valence-corrected chi connectivity index (χ4v) is 7.14. The zero-order valence-electron chi connectivity index (χ0n) is 21.2. The number of aromatic hydroxyl groups is 1. The summed E-state index contributed by atoms with van der Waals surface area (Å²) in [6.07, 6.45) is 0. The lowest BCUT2D eigenvalue weighted by Crippen LogP contribution is -2.63. The van der Waals surface area contributed by atoms with Crippen molar-refractivity contribution in [1.82, 2.24) is 0 Å². The topological polar surface area (TPSA) is 149 Å². The molecule has 9 nitrogen and oxygen atoms in total. The lowest BCUT2D eigenvalue weighted by molar-refractivity contribution is -0.123. The molecule has 0 bridgehead atoms. The van der Waals surface area contributed by atoms with Gasteiger partial charge in [-0.25, -0.2) is 12.8 Å². The van der Waals surface area contributed by atoms with Crippen molar-refractivity contribution in [3.05, 3.63) is 114 Å². The standard InChI is InChI=1S/C29H23FNO8PS/c30-21-11-6-19(7-12-21)26(33)17-41(38,39)28-27(31(29(28)34)22-4-2-1-3-5-22)24-15-10-20(16-25(24)32)18-8-13-23(14-9-18)40(35,36)37/h1-16,27-28,32H,17H2,(H2,35,36,37). The van der Waals surface area contributed by atoms with Gasteiger partial charge < -0.3 is 19.8 Å². The van der Waals surface area contributed by atoms with E-state index in [4.69, 9.17) is 0 Å². The lowest BCUT2D eigenvalue weighted by Gasteiger charge is -2.46. The predicted octanol–water partition coefficient (Wildman–Crippen LogP) is 3.76. The highest BCUT2D eigenvalue weighted by molar-refractivity contribution is 7.93. The highest BCUT2D eigenvalue weighted by atomic mass is 32.2. The monoisotopic (exact) mass is 595 g/mol. The Hall–Kier alpha value is -4.15. The zero-order chi connectivity index (χ0) is 29.5. The first kappa shape index (κ1) is 28.4. The first-order valence-electron chi connectivity index (χ1n) is 12.2. The number of phenols is 1. The molecule has 2 atom stereocenters. The van der Waals surface area contributed by atoms with Gasteiger partial charge in [0, 0.05) is 16.8 Å². The van der Waals surface area contributed by atoms with Gasteiger partial charge in [0.1, 0.15) is 17.3 Å². The van der Waals surface area contributed by atoms with Crippen LogP contribution in [0.15, 0.2) is 97.1 Å². The molecule has 1 saturated heterocycles. The summed E-state index contributed by atoms with van der Waals surface area (Å²) in [6.45, 7) is 0. The second kappa shape index (κ2) is 10.7. The molecule has 41 heavy (non-hydrogen) atoms. The summed E-state index contributed by atoms with van der Waals surface area (Å²) in [4.78, 5) is 46.0. The number of rotatable bonds is 8. The van der Waals surface area contributed by atoms with E-state index in [1.165, 1.54) is 53.4 Å². The molecule has 5 rings (SSSR count). The van der Waals surface area contributed by atoms with Crippen LogP contribution in [-0.2, 0) is 19.2 Å². The van der Waals surface area contributed by atoms with Gasteiger partial charge in [-0.15, -0.1) is 0 Å². The third kappa shape index (κ3) is 5.57. The van der Waals surface area contributed by atoms with E-state index >= 15 is 0 Å². The third-order valence-corrected chi connectivity index (χ3v) is 9.72. The molecule has 3 N–H and O–H groups in total. The Labute approximate surface area is 234 Å². The minimum absolute atomic E-state index is 0.0184. The summed E-state index contributed by atoms with van der Waals surface area (Å²) in [5.41, 5.74) is 1.52. The van der Waals surface area contributed by atoms with Gasteiger partial charge in [-0.05, 0) is 65.7 Å². The predicted molar refractivity (Wildman–Crippen MR) is 150 cm³/mol. The summed E-state index contributed by atoms with van der Waals surface area (Å²) in [5.74, 6) is -3.45. The number of phenolic OH excluding ortho intramolecular Hbond substituents is 1. The number of ketones is 1. The Kier molecular flexibility index (Phi) is 7.39. The van der Waals surface area contributed by atoms with Crippen molar-refractivity contribution in [2.45, 2.75) is 11.3 Å². The van der Waals surface area contributed by atoms with E-state index in [0.29, 0.717) is 16.8 Å². The number of hydrogen-bond donors (Lipinski definition) is 3. The summed E-state index contributed by atoms with van der Waals surface area (Å²) in [6, 6.07) is 21.5. The Bertz CT molecular complexity index is 1790. The quantitative estimate of drug-likeness (QED) is 0.158. The number of benzene rings is 4. The van der Waals surface area contributed by atoms with Crippen LogP contribution >= 0.6 is 7.60 Å². The Morgan fingerprint density at radius 2 is 1.49 bits per heavy atom. The Morgan fingerprint density at radius 3 is 2.07 bits per heavy atom. The number of carbonyl (C=O) groups is 2.